The first-order valence-corrected chi connectivity index (χ1v) is 5.62. The molecule has 2 amide bonds. The van der Waals surface area contributed by atoms with Crippen LogP contribution in [0.15, 0.2) is 6.20 Å². The number of halogens is 3. The number of anilines is 1. The zero-order chi connectivity index (χ0) is 13.8. The molecule has 5 nitrogen and oxygen atoms in total. The van der Waals surface area contributed by atoms with Crippen molar-refractivity contribution in [2.45, 2.75) is 25.6 Å². The van der Waals surface area contributed by atoms with Crippen molar-refractivity contribution in [1.82, 2.24) is 10.3 Å². The maximum absolute atomic E-state index is 12.3. The maximum atomic E-state index is 12.3. The molecule has 0 aliphatic heterocycles. The zero-order valence-electron chi connectivity index (χ0n) is 9.21. The molecule has 18 heavy (non-hydrogen) atoms. The van der Waals surface area contributed by atoms with Crippen LogP contribution in [-0.4, -0.2) is 17.1 Å². The molecule has 0 radical (unpaired) electrons. The lowest BCUT2D eigenvalue weighted by molar-refractivity contribution is -0.134. The van der Waals surface area contributed by atoms with E-state index < -0.39 is 23.1 Å². The van der Waals surface area contributed by atoms with E-state index in [1.807, 2.05) is 6.07 Å². The van der Waals surface area contributed by atoms with Crippen LogP contribution in [-0.2, 0) is 6.18 Å². The molecule has 0 saturated carbocycles. The van der Waals surface area contributed by atoms with Crippen LogP contribution in [0.25, 0.3) is 0 Å². The topological polar surface area (TPSA) is 77.8 Å². The summed E-state index contributed by atoms with van der Waals surface area (Å²) in [6.07, 6.45) is -3.71. The van der Waals surface area contributed by atoms with Gasteiger partial charge in [-0.25, -0.2) is 9.78 Å². The van der Waals surface area contributed by atoms with Gasteiger partial charge in [0, 0.05) is 6.04 Å². The van der Waals surface area contributed by atoms with E-state index >= 15 is 0 Å². The second-order valence-electron chi connectivity index (χ2n) is 3.39. The number of amides is 2. The predicted molar refractivity (Wildman–Crippen MR) is 59.0 cm³/mol. The number of alkyl halides is 3. The van der Waals surface area contributed by atoms with Crippen molar-refractivity contribution < 1.29 is 18.0 Å². The Bertz CT molecular complexity index is 465. The molecule has 1 heterocycles. The summed E-state index contributed by atoms with van der Waals surface area (Å²) in [6.45, 7) is 1.60. The molecule has 1 aromatic heterocycles. The highest BCUT2D eigenvalue weighted by molar-refractivity contribution is 7.15. The average Bonchev–Trinajstić information content (AvgIpc) is 2.65. The Hall–Kier alpha value is -1.82. The number of carbonyl (C=O) groups excluding carboxylic acids is 1. The van der Waals surface area contributed by atoms with E-state index in [0.29, 0.717) is 17.5 Å². The van der Waals surface area contributed by atoms with E-state index in [1.54, 1.807) is 6.92 Å². The molecule has 0 spiro atoms. The molecular weight excluding hydrogens is 269 g/mol. The van der Waals surface area contributed by atoms with Crippen LogP contribution in [0, 0.1) is 11.3 Å². The molecule has 98 valence electrons. The minimum atomic E-state index is -4.47. The van der Waals surface area contributed by atoms with Crippen LogP contribution in [0.4, 0.5) is 23.1 Å². The number of urea groups is 1. The Morgan fingerprint density at radius 3 is 2.83 bits per heavy atom. The number of hydrogen-bond donors (Lipinski definition) is 2. The van der Waals surface area contributed by atoms with Gasteiger partial charge in [-0.3, -0.25) is 5.32 Å². The van der Waals surface area contributed by atoms with E-state index in [2.05, 4.69) is 15.6 Å². The third-order valence-electron chi connectivity index (χ3n) is 1.78. The molecule has 0 fully saturated rings. The molecule has 1 atom stereocenters. The van der Waals surface area contributed by atoms with E-state index in [0.717, 1.165) is 0 Å². The fourth-order valence-corrected chi connectivity index (χ4v) is 1.69. The number of carbonyl (C=O) groups is 1. The van der Waals surface area contributed by atoms with Gasteiger partial charge in [-0.1, -0.05) is 11.3 Å². The minimum Gasteiger partial charge on any atom is -0.334 e. The first-order valence-electron chi connectivity index (χ1n) is 4.80. The van der Waals surface area contributed by atoms with E-state index in [4.69, 9.17) is 5.26 Å². The molecule has 1 aromatic rings. The Balaban J connectivity index is 2.56. The van der Waals surface area contributed by atoms with Crippen LogP contribution >= 0.6 is 11.3 Å². The monoisotopic (exact) mass is 278 g/mol. The van der Waals surface area contributed by atoms with Gasteiger partial charge in [0.15, 0.2) is 5.13 Å². The van der Waals surface area contributed by atoms with Crippen molar-refractivity contribution >= 4 is 22.5 Å². The third-order valence-corrected chi connectivity index (χ3v) is 2.74. The summed E-state index contributed by atoms with van der Waals surface area (Å²) in [6, 6.07) is 0.771. The average molecular weight is 278 g/mol. The van der Waals surface area contributed by atoms with E-state index in [-0.39, 0.29) is 11.6 Å². The second kappa shape index (κ2) is 5.68. The number of nitrogens with zero attached hydrogens (tertiary/aromatic N) is 2. The predicted octanol–water partition coefficient (Wildman–Crippen LogP) is 2.59. The Morgan fingerprint density at radius 2 is 2.33 bits per heavy atom. The Labute approximate surface area is 105 Å². The van der Waals surface area contributed by atoms with Gasteiger partial charge in [0.05, 0.1) is 18.7 Å². The first kappa shape index (κ1) is 14.2. The molecule has 1 rings (SSSR count). The molecule has 0 saturated heterocycles. The van der Waals surface area contributed by atoms with Crippen LogP contribution in [0.2, 0.25) is 0 Å². The normalized spacial score (nSPS) is 12.6. The molecule has 0 aliphatic carbocycles. The van der Waals surface area contributed by atoms with Crippen LogP contribution in [0.5, 0.6) is 0 Å². The van der Waals surface area contributed by atoms with Gasteiger partial charge in [0.1, 0.15) is 4.88 Å². The number of rotatable bonds is 3. The number of nitrogens with one attached hydrogen (secondary N) is 2. The summed E-state index contributed by atoms with van der Waals surface area (Å²) in [4.78, 5) is 13.9. The van der Waals surface area contributed by atoms with Crippen LogP contribution in [0.1, 0.15) is 18.2 Å². The van der Waals surface area contributed by atoms with Crippen molar-refractivity contribution in [3.05, 3.63) is 11.1 Å². The summed E-state index contributed by atoms with van der Waals surface area (Å²) in [5, 5.41) is 12.8. The molecule has 1 unspecified atom stereocenters. The van der Waals surface area contributed by atoms with Gasteiger partial charge in [-0.15, -0.1) is 0 Å². The molecular formula is C9H9F3N4OS. The number of nitriles is 1. The Morgan fingerprint density at radius 1 is 1.67 bits per heavy atom. The summed E-state index contributed by atoms with van der Waals surface area (Å²) in [5.41, 5.74) is 0. The third kappa shape index (κ3) is 4.21. The summed E-state index contributed by atoms with van der Waals surface area (Å²) >= 11 is 0.336. The SMILES string of the molecule is CC(CC#N)NC(=O)Nc1ncc(C(F)(F)F)s1. The fourth-order valence-electron chi connectivity index (χ4n) is 1.01. The maximum Gasteiger partial charge on any atom is 0.427 e. The summed E-state index contributed by atoms with van der Waals surface area (Å²) in [7, 11) is 0. The highest BCUT2D eigenvalue weighted by Crippen LogP contribution is 2.34. The van der Waals surface area contributed by atoms with Crippen LogP contribution in [0.3, 0.4) is 0 Å². The van der Waals surface area contributed by atoms with Crippen LogP contribution < -0.4 is 10.6 Å². The van der Waals surface area contributed by atoms with E-state index in [9.17, 15) is 18.0 Å². The van der Waals surface area contributed by atoms with Crippen molar-refractivity contribution in [2.24, 2.45) is 0 Å². The lowest BCUT2D eigenvalue weighted by Crippen LogP contribution is -2.35. The van der Waals surface area contributed by atoms with Gasteiger partial charge in [-0.2, -0.15) is 18.4 Å². The molecule has 2 N–H and O–H groups in total. The summed E-state index contributed by atoms with van der Waals surface area (Å²) < 4.78 is 36.8. The van der Waals surface area contributed by atoms with E-state index in [1.165, 1.54) is 0 Å². The lowest BCUT2D eigenvalue weighted by atomic mass is 10.3. The fraction of sp³-hybridized carbons (Fsp3) is 0.444. The Kier molecular flexibility index (Phi) is 4.49. The number of aromatic nitrogens is 1. The molecule has 9 heteroatoms. The minimum absolute atomic E-state index is 0.110. The molecule has 0 bridgehead atoms. The molecule has 0 aliphatic rings. The number of thiazole rings is 1. The number of hydrogen-bond acceptors (Lipinski definition) is 4. The summed E-state index contributed by atoms with van der Waals surface area (Å²) in [5.74, 6) is 0. The smallest absolute Gasteiger partial charge is 0.334 e. The van der Waals surface area contributed by atoms with Crippen molar-refractivity contribution in [2.75, 3.05) is 5.32 Å². The largest absolute Gasteiger partial charge is 0.427 e. The van der Waals surface area contributed by atoms with Gasteiger partial charge in [-0.05, 0) is 6.92 Å². The van der Waals surface area contributed by atoms with Crippen molar-refractivity contribution in [3.63, 3.8) is 0 Å². The quantitative estimate of drug-likeness (QED) is 0.892. The standard InChI is InChI=1S/C9H9F3N4OS/c1-5(2-3-13)15-7(17)16-8-14-4-6(18-8)9(10,11)12/h4-5H,2H2,1H3,(H2,14,15,16,17). The zero-order valence-corrected chi connectivity index (χ0v) is 10.0. The first-order chi connectivity index (χ1) is 8.32. The lowest BCUT2D eigenvalue weighted by Gasteiger charge is -2.09. The van der Waals surface area contributed by atoms with Crippen molar-refractivity contribution in [3.8, 4) is 6.07 Å². The highest BCUT2D eigenvalue weighted by atomic mass is 32.1. The molecule has 0 aromatic carbocycles. The highest BCUT2D eigenvalue weighted by Gasteiger charge is 2.33. The van der Waals surface area contributed by atoms with Gasteiger partial charge >= 0.3 is 12.2 Å². The second-order valence-corrected chi connectivity index (χ2v) is 4.42. The van der Waals surface area contributed by atoms with Gasteiger partial charge in [0.25, 0.3) is 0 Å². The van der Waals surface area contributed by atoms with Gasteiger partial charge in [0.2, 0.25) is 0 Å². The van der Waals surface area contributed by atoms with Crippen molar-refractivity contribution in [1.29, 1.82) is 5.26 Å². The van der Waals surface area contributed by atoms with Gasteiger partial charge < -0.3 is 5.32 Å².